The Morgan fingerprint density at radius 2 is 2.20 bits per heavy atom. The Morgan fingerprint density at radius 1 is 1.45 bits per heavy atom. The Balaban J connectivity index is 2.34. The second-order valence-corrected chi connectivity index (χ2v) is 5.04. The lowest BCUT2D eigenvalue weighted by atomic mass is 10.0. The van der Waals surface area contributed by atoms with E-state index in [1.54, 1.807) is 6.07 Å². The molecule has 0 radical (unpaired) electrons. The highest BCUT2D eigenvalue weighted by Crippen LogP contribution is 2.21. The number of hydrogen-bond donors (Lipinski definition) is 2. The molecular weight excluding hydrogens is 261 g/mol. The second kappa shape index (κ2) is 5.81. The lowest BCUT2D eigenvalue weighted by Crippen LogP contribution is -2.30. The van der Waals surface area contributed by atoms with Gasteiger partial charge in [0.05, 0.1) is 17.4 Å². The molecule has 0 fully saturated rings. The molecular formula is C14H16FN3O2. The number of fused-ring (bicyclic) bond motifs is 1. The van der Waals surface area contributed by atoms with Crippen molar-refractivity contribution in [2.24, 2.45) is 5.92 Å². The van der Waals surface area contributed by atoms with E-state index < -0.39 is 17.8 Å². The summed E-state index contributed by atoms with van der Waals surface area (Å²) in [5.74, 6) is -1.16. The first kappa shape index (κ1) is 14.2. The molecule has 20 heavy (non-hydrogen) atoms. The van der Waals surface area contributed by atoms with Crippen LogP contribution in [0.4, 0.5) is 10.1 Å². The number of hydrogen-bond acceptors (Lipinski definition) is 4. The summed E-state index contributed by atoms with van der Waals surface area (Å²) in [6.07, 6.45) is 3.08. The van der Waals surface area contributed by atoms with Crippen molar-refractivity contribution in [2.75, 3.05) is 5.32 Å². The molecule has 2 N–H and O–H groups in total. The first-order valence-electron chi connectivity index (χ1n) is 6.37. The Labute approximate surface area is 115 Å². The zero-order valence-electron chi connectivity index (χ0n) is 11.3. The van der Waals surface area contributed by atoms with Crippen molar-refractivity contribution in [3.63, 3.8) is 0 Å². The number of carbonyl (C=O) groups is 1. The first-order valence-corrected chi connectivity index (χ1v) is 6.37. The van der Waals surface area contributed by atoms with Gasteiger partial charge in [-0.05, 0) is 18.4 Å². The van der Waals surface area contributed by atoms with E-state index in [4.69, 9.17) is 0 Å². The van der Waals surface area contributed by atoms with Crippen LogP contribution in [0.5, 0.6) is 0 Å². The van der Waals surface area contributed by atoms with Gasteiger partial charge in [-0.2, -0.15) is 0 Å². The average molecular weight is 277 g/mol. The number of aromatic nitrogens is 2. The van der Waals surface area contributed by atoms with Gasteiger partial charge < -0.3 is 10.4 Å². The van der Waals surface area contributed by atoms with Gasteiger partial charge in [-0.25, -0.2) is 14.2 Å². The third-order valence-corrected chi connectivity index (χ3v) is 2.88. The van der Waals surface area contributed by atoms with E-state index >= 15 is 0 Å². The molecule has 0 unspecified atom stereocenters. The molecule has 0 saturated heterocycles. The second-order valence-electron chi connectivity index (χ2n) is 5.04. The van der Waals surface area contributed by atoms with E-state index in [0.29, 0.717) is 23.1 Å². The number of pyridine rings is 2. The number of carboxylic acids is 1. The molecule has 2 aromatic heterocycles. The van der Waals surface area contributed by atoms with Crippen molar-refractivity contribution in [3.05, 3.63) is 30.3 Å². The summed E-state index contributed by atoms with van der Waals surface area (Å²) in [5.41, 5.74) is 1.40. The molecule has 0 aromatic carbocycles. The molecule has 2 aromatic rings. The van der Waals surface area contributed by atoms with Crippen molar-refractivity contribution >= 4 is 22.7 Å². The lowest BCUT2D eigenvalue weighted by molar-refractivity contribution is -0.138. The summed E-state index contributed by atoms with van der Waals surface area (Å²) in [6.45, 7) is 3.91. The summed E-state index contributed by atoms with van der Waals surface area (Å²) in [4.78, 5) is 19.3. The minimum atomic E-state index is -0.925. The van der Waals surface area contributed by atoms with E-state index in [-0.39, 0.29) is 5.92 Å². The molecule has 2 heterocycles. The minimum absolute atomic E-state index is 0.238. The van der Waals surface area contributed by atoms with Crippen molar-refractivity contribution in [2.45, 2.75) is 26.3 Å². The van der Waals surface area contributed by atoms with Crippen LogP contribution in [-0.2, 0) is 4.79 Å². The zero-order valence-corrected chi connectivity index (χ0v) is 11.3. The van der Waals surface area contributed by atoms with E-state index in [1.807, 2.05) is 13.8 Å². The number of nitrogens with zero attached hydrogens (tertiary/aromatic N) is 2. The van der Waals surface area contributed by atoms with Crippen LogP contribution in [0, 0.1) is 11.7 Å². The maximum absolute atomic E-state index is 13.1. The van der Waals surface area contributed by atoms with Gasteiger partial charge in [-0.3, -0.25) is 4.98 Å². The average Bonchev–Trinajstić information content (AvgIpc) is 2.37. The predicted molar refractivity (Wildman–Crippen MR) is 74.0 cm³/mol. The number of carboxylic acid groups (broad SMARTS) is 1. The number of anilines is 1. The topological polar surface area (TPSA) is 75.1 Å². The van der Waals surface area contributed by atoms with Gasteiger partial charge in [0.2, 0.25) is 0 Å². The van der Waals surface area contributed by atoms with Gasteiger partial charge >= 0.3 is 5.97 Å². The Kier molecular flexibility index (Phi) is 4.12. The number of aliphatic carboxylic acids is 1. The molecule has 0 amide bonds. The normalized spacial score (nSPS) is 12.6. The predicted octanol–water partition coefficient (Wildman–Crippen LogP) is 2.68. The maximum atomic E-state index is 13.1. The van der Waals surface area contributed by atoms with Gasteiger partial charge in [0.15, 0.2) is 0 Å². The Hall–Kier alpha value is -2.24. The van der Waals surface area contributed by atoms with Crippen LogP contribution >= 0.6 is 0 Å². The summed E-state index contributed by atoms with van der Waals surface area (Å²) in [6, 6.07) is 2.20. The van der Waals surface area contributed by atoms with Crippen LogP contribution in [0.2, 0.25) is 0 Å². The van der Waals surface area contributed by atoms with Crippen LogP contribution in [0.1, 0.15) is 20.3 Å². The maximum Gasteiger partial charge on any atom is 0.326 e. The molecule has 0 spiro atoms. The number of rotatable bonds is 5. The molecule has 0 saturated carbocycles. The van der Waals surface area contributed by atoms with Gasteiger partial charge in [-0.15, -0.1) is 0 Å². The number of halogens is 1. The van der Waals surface area contributed by atoms with Crippen LogP contribution in [0.25, 0.3) is 11.0 Å². The van der Waals surface area contributed by atoms with Crippen molar-refractivity contribution in [1.29, 1.82) is 0 Å². The fraction of sp³-hybridized carbons (Fsp3) is 0.357. The fourth-order valence-corrected chi connectivity index (χ4v) is 2.00. The van der Waals surface area contributed by atoms with Crippen LogP contribution in [-0.4, -0.2) is 27.1 Å². The summed E-state index contributed by atoms with van der Waals surface area (Å²) in [5, 5.41) is 12.2. The van der Waals surface area contributed by atoms with Crippen LogP contribution in [0.3, 0.4) is 0 Å². The molecule has 106 valence electrons. The molecule has 0 bridgehead atoms. The lowest BCUT2D eigenvalue weighted by Gasteiger charge is -2.18. The summed E-state index contributed by atoms with van der Waals surface area (Å²) in [7, 11) is 0. The van der Waals surface area contributed by atoms with Crippen molar-refractivity contribution in [3.8, 4) is 0 Å². The standard InChI is InChI=1S/C14H16FN3O2/c1-8(2)5-12(14(19)20)18-10-3-4-16-11-6-9(15)7-17-13(10)11/h3-4,6-8,12H,5H2,1-2H3,(H,16,18)(H,19,20)/t12-/m1/s1. The zero-order chi connectivity index (χ0) is 14.7. The van der Waals surface area contributed by atoms with Crippen LogP contribution < -0.4 is 5.32 Å². The highest BCUT2D eigenvalue weighted by Gasteiger charge is 2.19. The molecule has 0 aliphatic rings. The quantitative estimate of drug-likeness (QED) is 0.878. The third-order valence-electron chi connectivity index (χ3n) is 2.88. The molecule has 6 heteroatoms. The Bertz CT molecular complexity index is 631. The first-order chi connectivity index (χ1) is 9.47. The van der Waals surface area contributed by atoms with Gasteiger partial charge in [0.1, 0.15) is 17.4 Å². The van der Waals surface area contributed by atoms with E-state index in [0.717, 1.165) is 6.20 Å². The number of nitrogens with one attached hydrogen (secondary N) is 1. The van der Waals surface area contributed by atoms with E-state index in [2.05, 4.69) is 15.3 Å². The third kappa shape index (κ3) is 3.20. The van der Waals surface area contributed by atoms with E-state index in [1.165, 1.54) is 12.3 Å². The van der Waals surface area contributed by atoms with Gasteiger partial charge in [-0.1, -0.05) is 13.8 Å². The molecule has 2 rings (SSSR count). The van der Waals surface area contributed by atoms with Gasteiger partial charge in [0.25, 0.3) is 0 Å². The minimum Gasteiger partial charge on any atom is -0.480 e. The van der Waals surface area contributed by atoms with E-state index in [9.17, 15) is 14.3 Å². The molecule has 5 nitrogen and oxygen atoms in total. The molecule has 0 aliphatic heterocycles. The highest BCUT2D eigenvalue weighted by molar-refractivity contribution is 5.89. The van der Waals surface area contributed by atoms with Crippen molar-refractivity contribution < 1.29 is 14.3 Å². The van der Waals surface area contributed by atoms with Crippen LogP contribution in [0.15, 0.2) is 24.5 Å². The summed E-state index contributed by atoms with van der Waals surface area (Å²) < 4.78 is 13.1. The van der Waals surface area contributed by atoms with Gasteiger partial charge in [0, 0.05) is 12.3 Å². The SMILES string of the molecule is CC(C)C[C@@H](Nc1ccnc2cc(F)cnc12)C(=O)O. The molecule has 0 aliphatic carbocycles. The smallest absolute Gasteiger partial charge is 0.326 e. The van der Waals surface area contributed by atoms with Crippen molar-refractivity contribution in [1.82, 2.24) is 9.97 Å². The summed E-state index contributed by atoms with van der Waals surface area (Å²) >= 11 is 0. The highest BCUT2D eigenvalue weighted by atomic mass is 19.1. The Morgan fingerprint density at radius 3 is 2.85 bits per heavy atom. The monoisotopic (exact) mass is 277 g/mol. The fourth-order valence-electron chi connectivity index (χ4n) is 2.00. The molecule has 1 atom stereocenters. The largest absolute Gasteiger partial charge is 0.480 e.